The number of hydrogen-bond acceptors (Lipinski definition) is 4. The highest BCUT2D eigenvalue weighted by atomic mass is 32.2. The molecule has 25 heavy (non-hydrogen) atoms. The molecule has 0 radical (unpaired) electrons. The second kappa shape index (κ2) is 7.75. The quantitative estimate of drug-likeness (QED) is 0.834. The molecule has 0 spiro atoms. The summed E-state index contributed by atoms with van der Waals surface area (Å²) < 4.78 is 25.1. The predicted octanol–water partition coefficient (Wildman–Crippen LogP) is 2.46. The topological polar surface area (TPSA) is 90.3 Å². The zero-order chi connectivity index (χ0) is 18.4. The lowest BCUT2D eigenvalue weighted by atomic mass is 10.1. The van der Waals surface area contributed by atoms with Crippen molar-refractivity contribution in [1.82, 2.24) is 4.31 Å². The van der Waals surface area contributed by atoms with Crippen LogP contribution in [0.15, 0.2) is 59.5 Å². The third kappa shape index (κ3) is 4.76. The molecule has 0 saturated carbocycles. The van der Waals surface area contributed by atoms with Crippen molar-refractivity contribution in [3.8, 4) is 6.07 Å². The fourth-order valence-corrected chi connectivity index (χ4v) is 2.85. The molecule has 2 aromatic rings. The molecule has 128 valence electrons. The van der Waals surface area contributed by atoms with Crippen molar-refractivity contribution in [2.45, 2.75) is 4.90 Å². The number of anilines is 1. The Morgan fingerprint density at radius 2 is 1.68 bits per heavy atom. The first kappa shape index (κ1) is 18.4. The van der Waals surface area contributed by atoms with Crippen LogP contribution in [0.1, 0.15) is 11.1 Å². The van der Waals surface area contributed by atoms with Crippen LogP contribution < -0.4 is 5.32 Å². The van der Waals surface area contributed by atoms with Crippen LogP contribution in [-0.4, -0.2) is 32.7 Å². The number of nitriles is 1. The minimum atomic E-state index is -3.49. The van der Waals surface area contributed by atoms with E-state index < -0.39 is 10.0 Å². The minimum absolute atomic E-state index is 0.156. The smallest absolute Gasteiger partial charge is 0.248 e. The maximum Gasteiger partial charge on any atom is 0.248 e. The molecule has 0 atom stereocenters. The van der Waals surface area contributed by atoms with Crippen LogP contribution in [-0.2, 0) is 14.8 Å². The van der Waals surface area contributed by atoms with Gasteiger partial charge in [0.1, 0.15) is 0 Å². The van der Waals surface area contributed by atoms with E-state index >= 15 is 0 Å². The maximum absolute atomic E-state index is 12.0. The fraction of sp³-hybridized carbons (Fsp3) is 0.111. The van der Waals surface area contributed by atoms with Crippen LogP contribution in [0.2, 0.25) is 0 Å². The monoisotopic (exact) mass is 355 g/mol. The van der Waals surface area contributed by atoms with Crippen molar-refractivity contribution in [3.63, 3.8) is 0 Å². The van der Waals surface area contributed by atoms with Gasteiger partial charge in [-0.15, -0.1) is 0 Å². The first-order valence-corrected chi connectivity index (χ1v) is 8.79. The number of amides is 1. The molecular weight excluding hydrogens is 338 g/mol. The van der Waals surface area contributed by atoms with Gasteiger partial charge >= 0.3 is 0 Å². The lowest BCUT2D eigenvalue weighted by Gasteiger charge is -2.11. The number of hydrogen-bond donors (Lipinski definition) is 1. The third-order valence-electron chi connectivity index (χ3n) is 3.37. The molecule has 2 aromatic carbocycles. The molecule has 0 heterocycles. The second-order valence-electron chi connectivity index (χ2n) is 5.37. The normalized spacial score (nSPS) is 11.4. The van der Waals surface area contributed by atoms with Crippen LogP contribution in [0.25, 0.3) is 6.08 Å². The summed E-state index contributed by atoms with van der Waals surface area (Å²) in [7, 11) is -0.576. The largest absolute Gasteiger partial charge is 0.323 e. The van der Waals surface area contributed by atoms with Gasteiger partial charge in [-0.2, -0.15) is 5.26 Å². The Hall–Kier alpha value is -2.95. The summed E-state index contributed by atoms with van der Waals surface area (Å²) in [6.07, 6.45) is 2.99. The Morgan fingerprint density at radius 1 is 1.08 bits per heavy atom. The molecule has 0 aromatic heterocycles. The molecule has 0 fully saturated rings. The zero-order valence-electron chi connectivity index (χ0n) is 13.8. The zero-order valence-corrected chi connectivity index (χ0v) is 14.6. The van der Waals surface area contributed by atoms with Crippen LogP contribution in [0.4, 0.5) is 5.69 Å². The summed E-state index contributed by atoms with van der Waals surface area (Å²) in [5.74, 6) is -0.340. The van der Waals surface area contributed by atoms with E-state index in [0.717, 1.165) is 9.87 Å². The van der Waals surface area contributed by atoms with Crippen LogP contribution in [0, 0.1) is 11.3 Å². The van der Waals surface area contributed by atoms with Gasteiger partial charge in [0, 0.05) is 25.9 Å². The van der Waals surface area contributed by atoms with E-state index in [2.05, 4.69) is 5.32 Å². The minimum Gasteiger partial charge on any atom is -0.323 e. The summed E-state index contributed by atoms with van der Waals surface area (Å²) in [5.41, 5.74) is 1.84. The van der Waals surface area contributed by atoms with E-state index in [9.17, 15) is 13.2 Å². The molecule has 2 rings (SSSR count). The predicted molar refractivity (Wildman–Crippen MR) is 96.1 cm³/mol. The Kier molecular flexibility index (Phi) is 5.70. The highest BCUT2D eigenvalue weighted by Crippen LogP contribution is 2.16. The van der Waals surface area contributed by atoms with Crippen molar-refractivity contribution in [2.24, 2.45) is 0 Å². The Bertz CT molecular complexity index is 923. The molecule has 1 amide bonds. The van der Waals surface area contributed by atoms with E-state index in [-0.39, 0.29) is 10.8 Å². The van der Waals surface area contributed by atoms with Gasteiger partial charge < -0.3 is 5.32 Å². The highest BCUT2D eigenvalue weighted by Gasteiger charge is 2.16. The first-order valence-electron chi connectivity index (χ1n) is 7.35. The van der Waals surface area contributed by atoms with Gasteiger partial charge in [-0.1, -0.05) is 12.1 Å². The molecule has 0 aliphatic heterocycles. The van der Waals surface area contributed by atoms with E-state index in [0.29, 0.717) is 11.3 Å². The third-order valence-corrected chi connectivity index (χ3v) is 5.20. The van der Waals surface area contributed by atoms with E-state index in [4.69, 9.17) is 5.26 Å². The summed E-state index contributed by atoms with van der Waals surface area (Å²) in [6.45, 7) is 0. The highest BCUT2D eigenvalue weighted by molar-refractivity contribution is 7.89. The van der Waals surface area contributed by atoms with Gasteiger partial charge in [-0.05, 0) is 48.0 Å². The molecule has 0 aliphatic rings. The average molecular weight is 355 g/mol. The van der Waals surface area contributed by atoms with Gasteiger partial charge in [0.25, 0.3) is 0 Å². The lowest BCUT2D eigenvalue weighted by molar-refractivity contribution is -0.111. The Morgan fingerprint density at radius 3 is 2.20 bits per heavy atom. The Balaban J connectivity index is 2.03. The van der Waals surface area contributed by atoms with E-state index in [1.807, 2.05) is 6.07 Å². The molecule has 0 bridgehead atoms. The fourth-order valence-electron chi connectivity index (χ4n) is 1.95. The van der Waals surface area contributed by atoms with E-state index in [1.165, 1.54) is 44.4 Å². The molecule has 7 heteroatoms. The van der Waals surface area contributed by atoms with Gasteiger partial charge in [-0.3, -0.25) is 4.79 Å². The molecule has 1 N–H and O–H groups in total. The van der Waals surface area contributed by atoms with Gasteiger partial charge in [-0.25, -0.2) is 12.7 Å². The molecule has 0 unspecified atom stereocenters. The van der Waals surface area contributed by atoms with Gasteiger partial charge in [0.2, 0.25) is 15.9 Å². The summed E-state index contributed by atoms with van der Waals surface area (Å²) in [6, 6.07) is 14.8. The SMILES string of the molecule is CN(C)S(=O)(=O)c1ccc(NC(=O)/C=C/c2ccc(C#N)cc2)cc1. The van der Waals surface area contributed by atoms with Crippen LogP contribution in [0.3, 0.4) is 0 Å². The average Bonchev–Trinajstić information content (AvgIpc) is 2.60. The standard InChI is InChI=1S/C18H17N3O3S/c1-21(2)25(23,24)17-10-8-16(9-11-17)20-18(22)12-7-14-3-5-15(13-19)6-4-14/h3-12H,1-2H3,(H,20,22)/b12-7+. The molecular formula is C18H17N3O3S. The molecule has 0 saturated heterocycles. The summed E-state index contributed by atoms with van der Waals surface area (Å²) >= 11 is 0. The lowest BCUT2D eigenvalue weighted by Crippen LogP contribution is -2.22. The van der Waals surface area contributed by atoms with Crippen molar-refractivity contribution >= 4 is 27.7 Å². The number of rotatable bonds is 5. The van der Waals surface area contributed by atoms with Crippen molar-refractivity contribution in [1.29, 1.82) is 5.26 Å². The van der Waals surface area contributed by atoms with E-state index in [1.54, 1.807) is 30.3 Å². The first-order chi connectivity index (χ1) is 11.8. The number of nitrogens with one attached hydrogen (secondary N) is 1. The second-order valence-corrected chi connectivity index (χ2v) is 7.52. The summed E-state index contributed by atoms with van der Waals surface area (Å²) in [4.78, 5) is 12.1. The summed E-state index contributed by atoms with van der Waals surface area (Å²) in [5, 5.41) is 11.4. The van der Waals surface area contributed by atoms with Crippen LogP contribution in [0.5, 0.6) is 0 Å². The van der Waals surface area contributed by atoms with Crippen LogP contribution >= 0.6 is 0 Å². The maximum atomic E-state index is 12.0. The van der Waals surface area contributed by atoms with Crippen molar-refractivity contribution in [3.05, 3.63) is 65.7 Å². The number of benzene rings is 2. The Labute approximate surface area is 147 Å². The van der Waals surface area contributed by atoms with Crippen molar-refractivity contribution in [2.75, 3.05) is 19.4 Å². The molecule has 6 nitrogen and oxygen atoms in total. The molecule has 0 aliphatic carbocycles. The number of carbonyl (C=O) groups is 1. The number of nitrogens with zero attached hydrogens (tertiary/aromatic N) is 2. The van der Waals surface area contributed by atoms with Gasteiger partial charge in [0.05, 0.1) is 16.5 Å². The number of carbonyl (C=O) groups excluding carboxylic acids is 1. The number of sulfonamides is 1. The van der Waals surface area contributed by atoms with Gasteiger partial charge in [0.15, 0.2) is 0 Å². The van der Waals surface area contributed by atoms with Crippen molar-refractivity contribution < 1.29 is 13.2 Å².